The fraction of sp³-hybridized carbons (Fsp3) is 0.222. The topological polar surface area (TPSA) is 32.8 Å². The van der Waals surface area contributed by atoms with Crippen LogP contribution in [0.2, 0.25) is 5.02 Å². The van der Waals surface area contributed by atoms with Gasteiger partial charge in [-0.15, -0.1) is 0 Å². The molecule has 1 aliphatic heterocycles. The molecule has 1 heterocycles. The van der Waals surface area contributed by atoms with Crippen LogP contribution in [0, 0.1) is 0 Å². The van der Waals surface area contributed by atoms with Gasteiger partial charge in [0.25, 0.3) is 5.91 Å². The average molecular weight is 447 g/mol. The standard InChI is InChI=1S/C27H27ClN2O2/c28-25-12-8-24(9-13-25)20-29-16-18-30(19-17-29)27(31)21-32-26-14-10-23(11-15-26)7-6-22-4-2-1-3-5-22/h1-15H,16-21H2/b7-6+. The zero-order chi connectivity index (χ0) is 22.2. The van der Waals surface area contributed by atoms with E-state index in [9.17, 15) is 4.79 Å². The van der Waals surface area contributed by atoms with Gasteiger partial charge < -0.3 is 9.64 Å². The van der Waals surface area contributed by atoms with Gasteiger partial charge in [0.15, 0.2) is 6.61 Å². The second-order valence-corrected chi connectivity index (χ2v) is 8.32. The van der Waals surface area contributed by atoms with Gasteiger partial charge in [-0.2, -0.15) is 0 Å². The van der Waals surface area contributed by atoms with Gasteiger partial charge in [-0.05, 0) is 41.0 Å². The monoisotopic (exact) mass is 446 g/mol. The van der Waals surface area contributed by atoms with Crippen molar-refractivity contribution in [3.8, 4) is 5.75 Å². The number of ether oxygens (including phenoxy) is 1. The third-order valence-electron chi connectivity index (χ3n) is 5.55. The molecule has 1 amide bonds. The molecule has 0 bridgehead atoms. The lowest BCUT2D eigenvalue weighted by Gasteiger charge is -2.34. The fourth-order valence-electron chi connectivity index (χ4n) is 3.67. The van der Waals surface area contributed by atoms with Gasteiger partial charge in [-0.25, -0.2) is 0 Å². The van der Waals surface area contributed by atoms with E-state index in [1.54, 1.807) is 0 Å². The first-order valence-corrected chi connectivity index (χ1v) is 11.2. The van der Waals surface area contributed by atoms with E-state index in [1.807, 2.05) is 59.5 Å². The summed E-state index contributed by atoms with van der Waals surface area (Å²) in [5, 5.41) is 0.752. The number of halogens is 1. The molecule has 4 rings (SSSR count). The summed E-state index contributed by atoms with van der Waals surface area (Å²) in [6.07, 6.45) is 4.14. The molecule has 0 N–H and O–H groups in total. The molecule has 32 heavy (non-hydrogen) atoms. The summed E-state index contributed by atoms with van der Waals surface area (Å²) in [5.41, 5.74) is 3.48. The third-order valence-corrected chi connectivity index (χ3v) is 5.81. The minimum absolute atomic E-state index is 0.0317. The van der Waals surface area contributed by atoms with Crippen LogP contribution in [-0.4, -0.2) is 48.5 Å². The highest BCUT2D eigenvalue weighted by atomic mass is 35.5. The number of amides is 1. The molecule has 0 spiro atoms. The van der Waals surface area contributed by atoms with Crippen molar-refractivity contribution < 1.29 is 9.53 Å². The van der Waals surface area contributed by atoms with Gasteiger partial charge in [0.2, 0.25) is 0 Å². The summed E-state index contributed by atoms with van der Waals surface area (Å²) >= 11 is 5.95. The van der Waals surface area contributed by atoms with Crippen LogP contribution in [0.5, 0.6) is 5.75 Å². The number of piperazine rings is 1. The molecule has 4 nitrogen and oxygen atoms in total. The zero-order valence-corrected chi connectivity index (χ0v) is 18.7. The summed E-state index contributed by atoms with van der Waals surface area (Å²) < 4.78 is 5.73. The van der Waals surface area contributed by atoms with Gasteiger partial charge >= 0.3 is 0 Å². The highest BCUT2D eigenvalue weighted by molar-refractivity contribution is 6.30. The Morgan fingerprint density at radius 3 is 2.09 bits per heavy atom. The first-order chi connectivity index (χ1) is 15.7. The van der Waals surface area contributed by atoms with Crippen LogP contribution in [0.3, 0.4) is 0 Å². The first-order valence-electron chi connectivity index (χ1n) is 10.9. The van der Waals surface area contributed by atoms with E-state index in [0.29, 0.717) is 5.75 Å². The number of hydrogen-bond acceptors (Lipinski definition) is 3. The lowest BCUT2D eigenvalue weighted by Crippen LogP contribution is -2.49. The summed E-state index contributed by atoms with van der Waals surface area (Å²) in [4.78, 5) is 16.8. The largest absolute Gasteiger partial charge is 0.484 e. The Morgan fingerprint density at radius 1 is 0.812 bits per heavy atom. The van der Waals surface area contributed by atoms with E-state index in [4.69, 9.17) is 16.3 Å². The zero-order valence-electron chi connectivity index (χ0n) is 18.0. The summed E-state index contributed by atoms with van der Waals surface area (Å²) in [6, 6.07) is 25.9. The second-order valence-electron chi connectivity index (χ2n) is 7.89. The van der Waals surface area contributed by atoms with Crippen LogP contribution in [0.1, 0.15) is 16.7 Å². The molecule has 3 aromatic rings. The molecule has 164 valence electrons. The number of hydrogen-bond donors (Lipinski definition) is 0. The molecule has 1 aliphatic rings. The minimum Gasteiger partial charge on any atom is -0.484 e. The number of carbonyl (C=O) groups is 1. The molecular formula is C27H27ClN2O2. The predicted octanol–water partition coefficient (Wildman–Crippen LogP) is 5.23. The smallest absolute Gasteiger partial charge is 0.260 e. The third kappa shape index (κ3) is 6.46. The number of nitrogens with zero attached hydrogens (tertiary/aromatic N) is 2. The van der Waals surface area contributed by atoms with Crippen LogP contribution in [0.15, 0.2) is 78.9 Å². The summed E-state index contributed by atoms with van der Waals surface area (Å²) in [7, 11) is 0. The van der Waals surface area contributed by atoms with E-state index in [0.717, 1.165) is 48.9 Å². The van der Waals surface area contributed by atoms with Gasteiger partial charge in [0.1, 0.15) is 5.75 Å². The molecule has 0 aliphatic carbocycles. The number of rotatable bonds is 7. The maximum absolute atomic E-state index is 12.6. The highest BCUT2D eigenvalue weighted by Crippen LogP contribution is 2.16. The Kier molecular flexibility index (Phi) is 7.59. The molecule has 1 fully saturated rings. The molecule has 3 aromatic carbocycles. The molecule has 0 unspecified atom stereocenters. The number of benzene rings is 3. The Hall–Kier alpha value is -3.08. The van der Waals surface area contributed by atoms with Crippen molar-refractivity contribution in [1.29, 1.82) is 0 Å². The van der Waals surface area contributed by atoms with Gasteiger partial charge in [-0.3, -0.25) is 9.69 Å². The van der Waals surface area contributed by atoms with Crippen molar-refractivity contribution in [3.05, 3.63) is 101 Å². The molecule has 0 saturated carbocycles. The van der Waals surface area contributed by atoms with Crippen LogP contribution in [0.4, 0.5) is 0 Å². The highest BCUT2D eigenvalue weighted by Gasteiger charge is 2.21. The molecule has 0 aromatic heterocycles. The van der Waals surface area contributed by atoms with Crippen molar-refractivity contribution in [1.82, 2.24) is 9.80 Å². The molecule has 5 heteroatoms. The predicted molar refractivity (Wildman–Crippen MR) is 131 cm³/mol. The summed E-state index contributed by atoms with van der Waals surface area (Å²) in [5.74, 6) is 0.737. The van der Waals surface area contributed by atoms with Crippen molar-refractivity contribution in [2.75, 3.05) is 32.8 Å². The van der Waals surface area contributed by atoms with E-state index in [-0.39, 0.29) is 12.5 Å². The van der Waals surface area contributed by atoms with E-state index < -0.39 is 0 Å². The SMILES string of the molecule is O=C(COc1ccc(/C=C/c2ccccc2)cc1)N1CCN(Cc2ccc(Cl)cc2)CC1. The normalized spacial score (nSPS) is 14.6. The molecule has 0 radical (unpaired) electrons. The number of carbonyl (C=O) groups excluding carboxylic acids is 1. The van der Waals surface area contributed by atoms with Crippen molar-refractivity contribution in [2.45, 2.75) is 6.54 Å². The Labute approximate surface area is 194 Å². The quantitative estimate of drug-likeness (QED) is 0.465. The van der Waals surface area contributed by atoms with Gasteiger partial charge in [0, 0.05) is 37.7 Å². The maximum Gasteiger partial charge on any atom is 0.260 e. The van der Waals surface area contributed by atoms with Crippen LogP contribution < -0.4 is 4.74 Å². The fourth-order valence-corrected chi connectivity index (χ4v) is 3.80. The first kappa shape index (κ1) is 22.1. The molecular weight excluding hydrogens is 420 g/mol. The Morgan fingerprint density at radius 2 is 1.44 bits per heavy atom. The van der Waals surface area contributed by atoms with E-state index in [1.165, 1.54) is 5.56 Å². The molecule has 1 saturated heterocycles. The second kappa shape index (κ2) is 11.0. The van der Waals surface area contributed by atoms with Gasteiger partial charge in [0.05, 0.1) is 0 Å². The van der Waals surface area contributed by atoms with Crippen LogP contribution >= 0.6 is 11.6 Å². The van der Waals surface area contributed by atoms with Gasteiger partial charge in [-0.1, -0.05) is 78.4 Å². The Bertz CT molecular complexity index is 1030. The van der Waals surface area contributed by atoms with Crippen LogP contribution in [-0.2, 0) is 11.3 Å². The lowest BCUT2D eigenvalue weighted by atomic mass is 10.1. The molecule has 0 atom stereocenters. The maximum atomic E-state index is 12.6. The summed E-state index contributed by atoms with van der Waals surface area (Å²) in [6.45, 7) is 4.10. The average Bonchev–Trinajstić information content (AvgIpc) is 2.84. The Balaban J connectivity index is 1.20. The van der Waals surface area contributed by atoms with Crippen molar-refractivity contribution >= 4 is 29.7 Å². The van der Waals surface area contributed by atoms with Crippen molar-refractivity contribution in [2.24, 2.45) is 0 Å². The van der Waals surface area contributed by atoms with Crippen LogP contribution in [0.25, 0.3) is 12.2 Å². The van der Waals surface area contributed by atoms with E-state index >= 15 is 0 Å². The van der Waals surface area contributed by atoms with E-state index in [2.05, 4.69) is 41.3 Å². The lowest BCUT2D eigenvalue weighted by molar-refractivity contribution is -0.135. The van der Waals surface area contributed by atoms with Crippen molar-refractivity contribution in [3.63, 3.8) is 0 Å². The minimum atomic E-state index is 0.0317.